The van der Waals surface area contributed by atoms with Crippen molar-refractivity contribution in [2.75, 3.05) is 0 Å². The summed E-state index contributed by atoms with van der Waals surface area (Å²) in [5.41, 5.74) is 2.02. The Balaban J connectivity index is 2.32. The van der Waals surface area contributed by atoms with E-state index in [9.17, 15) is 9.50 Å². The van der Waals surface area contributed by atoms with Gasteiger partial charge in [-0.2, -0.15) is 0 Å². The summed E-state index contributed by atoms with van der Waals surface area (Å²) < 4.78 is 14.1. The summed E-state index contributed by atoms with van der Waals surface area (Å²) in [6.45, 7) is 3.98. The fraction of sp³-hybridized carbons (Fsp3) is 0.176. The van der Waals surface area contributed by atoms with Crippen LogP contribution in [0.2, 0.25) is 0 Å². The zero-order valence-electron chi connectivity index (χ0n) is 11.1. The molecule has 0 aliphatic carbocycles. The molecule has 2 aromatic carbocycles. The van der Waals surface area contributed by atoms with Crippen LogP contribution in [-0.2, 0) is 0 Å². The highest BCUT2D eigenvalue weighted by atomic mass is 19.1. The average molecular weight is 256 g/mol. The second kappa shape index (κ2) is 5.70. The molecule has 0 heterocycles. The summed E-state index contributed by atoms with van der Waals surface area (Å²) in [5.74, 6) is 0.0103. The van der Waals surface area contributed by atoms with Gasteiger partial charge >= 0.3 is 0 Å². The highest BCUT2D eigenvalue weighted by Crippen LogP contribution is 2.30. The van der Waals surface area contributed by atoms with Crippen molar-refractivity contribution in [3.8, 4) is 5.75 Å². The summed E-state index contributed by atoms with van der Waals surface area (Å²) in [6, 6.07) is 14.2. The van der Waals surface area contributed by atoms with Crippen molar-refractivity contribution in [2.45, 2.75) is 19.8 Å². The molecule has 2 rings (SSSR count). The Labute approximate surface area is 113 Å². The molecular formula is C17H17FO. The first-order valence-corrected chi connectivity index (χ1v) is 6.33. The number of benzene rings is 2. The monoisotopic (exact) mass is 256 g/mol. The first-order valence-electron chi connectivity index (χ1n) is 6.33. The standard InChI is InChI=1S/C17H17FO/c1-12(2)15-9-8-14(11-17(15)19)16(18)10-13-6-4-3-5-7-13/h3-12,19H,1-2H3/b16-10-. The van der Waals surface area contributed by atoms with E-state index >= 15 is 0 Å². The smallest absolute Gasteiger partial charge is 0.131 e. The Kier molecular flexibility index (Phi) is 4.00. The van der Waals surface area contributed by atoms with Gasteiger partial charge in [-0.25, -0.2) is 4.39 Å². The van der Waals surface area contributed by atoms with Crippen molar-refractivity contribution >= 4 is 11.9 Å². The number of phenols is 1. The Hall–Kier alpha value is -2.09. The van der Waals surface area contributed by atoms with Crippen LogP contribution in [0.1, 0.15) is 36.5 Å². The van der Waals surface area contributed by atoms with Gasteiger partial charge in [0.2, 0.25) is 0 Å². The van der Waals surface area contributed by atoms with Crippen molar-refractivity contribution in [1.82, 2.24) is 0 Å². The molecular weight excluding hydrogens is 239 g/mol. The summed E-state index contributed by atoms with van der Waals surface area (Å²) >= 11 is 0. The molecule has 0 aromatic heterocycles. The maximum absolute atomic E-state index is 14.1. The van der Waals surface area contributed by atoms with Crippen molar-refractivity contribution in [1.29, 1.82) is 0 Å². The van der Waals surface area contributed by atoms with E-state index in [-0.39, 0.29) is 17.5 Å². The summed E-state index contributed by atoms with van der Waals surface area (Å²) in [5, 5.41) is 9.88. The lowest BCUT2D eigenvalue weighted by atomic mass is 9.99. The van der Waals surface area contributed by atoms with Crippen LogP contribution in [0.15, 0.2) is 48.5 Å². The summed E-state index contributed by atoms with van der Waals surface area (Å²) in [7, 11) is 0. The lowest BCUT2D eigenvalue weighted by Crippen LogP contribution is -1.89. The maximum Gasteiger partial charge on any atom is 0.131 e. The van der Waals surface area contributed by atoms with Crippen LogP contribution in [0.4, 0.5) is 4.39 Å². The van der Waals surface area contributed by atoms with Gasteiger partial charge < -0.3 is 5.11 Å². The maximum atomic E-state index is 14.1. The largest absolute Gasteiger partial charge is 0.508 e. The third kappa shape index (κ3) is 3.22. The average Bonchev–Trinajstić information content (AvgIpc) is 2.39. The van der Waals surface area contributed by atoms with E-state index in [2.05, 4.69) is 0 Å². The molecule has 0 fully saturated rings. The third-order valence-electron chi connectivity index (χ3n) is 3.02. The SMILES string of the molecule is CC(C)c1ccc(/C(F)=C/c2ccccc2)cc1O. The van der Waals surface area contributed by atoms with Crippen molar-refractivity contribution in [3.63, 3.8) is 0 Å². The molecule has 0 saturated heterocycles. The van der Waals surface area contributed by atoms with Gasteiger partial charge in [-0.05, 0) is 29.2 Å². The van der Waals surface area contributed by atoms with Crippen LogP contribution in [0.3, 0.4) is 0 Å². The van der Waals surface area contributed by atoms with E-state index in [0.717, 1.165) is 11.1 Å². The Morgan fingerprint density at radius 2 is 1.79 bits per heavy atom. The van der Waals surface area contributed by atoms with Crippen LogP contribution < -0.4 is 0 Å². The molecule has 0 aliphatic rings. The minimum absolute atomic E-state index is 0.143. The molecule has 1 N–H and O–H groups in total. The molecule has 0 aliphatic heterocycles. The predicted octanol–water partition coefficient (Wildman–Crippen LogP) is 4.98. The molecule has 1 nitrogen and oxygen atoms in total. The Morgan fingerprint density at radius 3 is 2.37 bits per heavy atom. The number of aromatic hydroxyl groups is 1. The molecule has 0 radical (unpaired) electrons. The van der Waals surface area contributed by atoms with Gasteiger partial charge in [0, 0.05) is 5.56 Å². The highest BCUT2D eigenvalue weighted by Gasteiger charge is 2.08. The zero-order valence-corrected chi connectivity index (χ0v) is 11.1. The van der Waals surface area contributed by atoms with Crippen LogP contribution in [0.5, 0.6) is 5.75 Å². The van der Waals surface area contributed by atoms with E-state index in [1.807, 2.05) is 44.2 Å². The van der Waals surface area contributed by atoms with Gasteiger partial charge in [0.05, 0.1) is 0 Å². The fourth-order valence-corrected chi connectivity index (χ4v) is 1.96. The van der Waals surface area contributed by atoms with Gasteiger partial charge in [0.15, 0.2) is 0 Å². The lowest BCUT2D eigenvalue weighted by Gasteiger charge is -2.09. The fourth-order valence-electron chi connectivity index (χ4n) is 1.96. The number of phenolic OH excluding ortho intramolecular Hbond substituents is 1. The zero-order chi connectivity index (χ0) is 13.8. The minimum Gasteiger partial charge on any atom is -0.508 e. The highest BCUT2D eigenvalue weighted by molar-refractivity contribution is 5.77. The van der Waals surface area contributed by atoms with Gasteiger partial charge in [-0.3, -0.25) is 0 Å². The van der Waals surface area contributed by atoms with Crippen molar-refractivity contribution in [3.05, 3.63) is 65.2 Å². The van der Waals surface area contributed by atoms with Crippen LogP contribution >= 0.6 is 0 Å². The molecule has 98 valence electrons. The lowest BCUT2D eigenvalue weighted by molar-refractivity contribution is 0.464. The van der Waals surface area contributed by atoms with E-state index in [0.29, 0.717) is 5.56 Å². The van der Waals surface area contributed by atoms with Gasteiger partial charge in [0.1, 0.15) is 11.6 Å². The normalized spacial score (nSPS) is 11.9. The Morgan fingerprint density at radius 1 is 1.11 bits per heavy atom. The van der Waals surface area contributed by atoms with Crippen LogP contribution in [-0.4, -0.2) is 5.11 Å². The van der Waals surface area contributed by atoms with Gasteiger partial charge in [-0.15, -0.1) is 0 Å². The molecule has 0 bridgehead atoms. The molecule has 0 spiro atoms. The first-order chi connectivity index (χ1) is 9.08. The molecule has 0 amide bonds. The van der Waals surface area contributed by atoms with E-state index in [1.165, 1.54) is 12.1 Å². The molecule has 2 heteroatoms. The second-order valence-corrected chi connectivity index (χ2v) is 4.83. The number of hydrogen-bond donors (Lipinski definition) is 1. The molecule has 2 aromatic rings. The van der Waals surface area contributed by atoms with Crippen molar-refractivity contribution in [2.24, 2.45) is 0 Å². The summed E-state index contributed by atoms with van der Waals surface area (Å²) in [6.07, 6.45) is 1.46. The predicted molar refractivity (Wildman–Crippen MR) is 77.6 cm³/mol. The van der Waals surface area contributed by atoms with Crippen LogP contribution in [0.25, 0.3) is 11.9 Å². The molecule has 0 atom stereocenters. The quantitative estimate of drug-likeness (QED) is 0.767. The Bertz CT molecular complexity index is 585. The van der Waals surface area contributed by atoms with Crippen molar-refractivity contribution < 1.29 is 9.50 Å². The van der Waals surface area contributed by atoms with Gasteiger partial charge in [0.25, 0.3) is 0 Å². The van der Waals surface area contributed by atoms with Crippen LogP contribution in [0, 0.1) is 0 Å². The second-order valence-electron chi connectivity index (χ2n) is 4.83. The molecule has 19 heavy (non-hydrogen) atoms. The third-order valence-corrected chi connectivity index (χ3v) is 3.02. The van der Waals surface area contributed by atoms with E-state index in [4.69, 9.17) is 0 Å². The first kappa shape index (κ1) is 13.3. The molecule has 0 saturated carbocycles. The van der Waals surface area contributed by atoms with E-state index < -0.39 is 0 Å². The summed E-state index contributed by atoms with van der Waals surface area (Å²) in [4.78, 5) is 0. The number of halogens is 1. The minimum atomic E-state index is -0.350. The molecule has 0 unspecified atom stereocenters. The number of rotatable bonds is 3. The van der Waals surface area contributed by atoms with E-state index in [1.54, 1.807) is 12.1 Å². The number of hydrogen-bond acceptors (Lipinski definition) is 1. The topological polar surface area (TPSA) is 20.2 Å². The van der Waals surface area contributed by atoms with Gasteiger partial charge in [-0.1, -0.05) is 56.3 Å².